The number of carboxylic acids is 1. The third kappa shape index (κ3) is 2.39. The van der Waals surface area contributed by atoms with Gasteiger partial charge < -0.3 is 14.6 Å². The Labute approximate surface area is 113 Å². The van der Waals surface area contributed by atoms with Crippen molar-refractivity contribution in [3.8, 4) is 11.5 Å². The van der Waals surface area contributed by atoms with Crippen molar-refractivity contribution in [2.75, 3.05) is 14.2 Å². The van der Waals surface area contributed by atoms with Gasteiger partial charge in [-0.2, -0.15) is 0 Å². The topological polar surface area (TPSA) is 55.8 Å². The van der Waals surface area contributed by atoms with Crippen LogP contribution in [0.5, 0.6) is 11.5 Å². The molecule has 0 radical (unpaired) electrons. The summed E-state index contributed by atoms with van der Waals surface area (Å²) in [4.78, 5) is 11.5. The average molecular weight is 264 g/mol. The Morgan fingerprint density at radius 2 is 2.00 bits per heavy atom. The Hall–Kier alpha value is -1.71. The van der Waals surface area contributed by atoms with Crippen molar-refractivity contribution in [1.29, 1.82) is 0 Å². The van der Waals surface area contributed by atoms with Gasteiger partial charge in [0.1, 0.15) is 11.5 Å². The van der Waals surface area contributed by atoms with E-state index < -0.39 is 11.4 Å². The summed E-state index contributed by atoms with van der Waals surface area (Å²) >= 11 is 0. The van der Waals surface area contributed by atoms with Gasteiger partial charge >= 0.3 is 5.97 Å². The Kier molecular flexibility index (Phi) is 3.69. The van der Waals surface area contributed by atoms with Crippen LogP contribution in [0, 0.1) is 12.3 Å². The molecule has 1 saturated carbocycles. The lowest BCUT2D eigenvalue weighted by atomic mass is 9.65. The number of aliphatic carboxylic acids is 1. The van der Waals surface area contributed by atoms with Crippen molar-refractivity contribution in [1.82, 2.24) is 0 Å². The summed E-state index contributed by atoms with van der Waals surface area (Å²) in [5.74, 6) is 0.747. The third-order valence-electron chi connectivity index (χ3n) is 4.14. The van der Waals surface area contributed by atoms with E-state index in [9.17, 15) is 9.90 Å². The summed E-state index contributed by atoms with van der Waals surface area (Å²) in [6.07, 6.45) is 3.01. The first-order chi connectivity index (χ1) is 9.02. The molecule has 4 nitrogen and oxygen atoms in total. The highest BCUT2D eigenvalue weighted by molar-refractivity contribution is 5.76. The first kappa shape index (κ1) is 13.7. The lowest BCUT2D eigenvalue weighted by molar-refractivity contribution is -0.154. The second-order valence-corrected chi connectivity index (χ2v) is 5.24. The maximum absolute atomic E-state index is 11.5. The van der Waals surface area contributed by atoms with Gasteiger partial charge in [-0.3, -0.25) is 4.79 Å². The Morgan fingerprint density at radius 1 is 1.32 bits per heavy atom. The van der Waals surface area contributed by atoms with Gasteiger partial charge in [-0.25, -0.2) is 0 Å². The number of hydrogen-bond acceptors (Lipinski definition) is 3. The number of ether oxygens (including phenoxy) is 2. The number of benzene rings is 1. The number of carbonyl (C=O) groups is 1. The minimum atomic E-state index is -0.698. The molecule has 1 aromatic carbocycles. The molecule has 0 unspecified atom stereocenters. The standard InChI is InChI=1S/C15H20O4/c1-10-7-11(18-2)8-13(19-3)12(10)9-15(14(16)17)5-4-6-15/h7-8H,4-6,9H2,1-3H3,(H,16,17). The summed E-state index contributed by atoms with van der Waals surface area (Å²) in [6, 6.07) is 3.74. The van der Waals surface area contributed by atoms with Gasteiger partial charge in [-0.15, -0.1) is 0 Å². The molecule has 0 bridgehead atoms. The molecule has 0 saturated heterocycles. The van der Waals surface area contributed by atoms with E-state index in [0.717, 1.165) is 36.1 Å². The second-order valence-electron chi connectivity index (χ2n) is 5.24. The molecule has 2 rings (SSSR count). The first-order valence-corrected chi connectivity index (χ1v) is 6.47. The summed E-state index contributed by atoms with van der Waals surface area (Å²) in [7, 11) is 3.21. The van der Waals surface area contributed by atoms with Crippen LogP contribution < -0.4 is 9.47 Å². The lowest BCUT2D eigenvalue weighted by Crippen LogP contribution is -2.40. The van der Waals surface area contributed by atoms with Crippen molar-refractivity contribution in [2.45, 2.75) is 32.6 Å². The van der Waals surface area contributed by atoms with Crippen LogP contribution >= 0.6 is 0 Å². The summed E-state index contributed by atoms with van der Waals surface area (Å²) < 4.78 is 10.6. The first-order valence-electron chi connectivity index (χ1n) is 6.47. The average Bonchev–Trinajstić information content (AvgIpc) is 2.33. The lowest BCUT2D eigenvalue weighted by Gasteiger charge is -2.38. The zero-order valence-electron chi connectivity index (χ0n) is 11.7. The van der Waals surface area contributed by atoms with Crippen LogP contribution in [-0.2, 0) is 11.2 Å². The monoisotopic (exact) mass is 264 g/mol. The SMILES string of the molecule is COc1cc(C)c(CC2(C(=O)O)CCC2)c(OC)c1. The van der Waals surface area contributed by atoms with E-state index in [0.29, 0.717) is 12.2 Å². The van der Waals surface area contributed by atoms with Crippen LogP contribution in [0.1, 0.15) is 30.4 Å². The highest BCUT2D eigenvalue weighted by Gasteiger charge is 2.45. The summed E-state index contributed by atoms with van der Waals surface area (Å²) in [6.45, 7) is 1.97. The van der Waals surface area contributed by atoms with Crippen LogP contribution in [0.2, 0.25) is 0 Å². The fraction of sp³-hybridized carbons (Fsp3) is 0.533. The molecule has 1 N–H and O–H groups in total. The highest BCUT2D eigenvalue weighted by atomic mass is 16.5. The van der Waals surface area contributed by atoms with Crippen molar-refractivity contribution in [2.24, 2.45) is 5.41 Å². The smallest absolute Gasteiger partial charge is 0.309 e. The Balaban J connectivity index is 2.36. The number of aryl methyl sites for hydroxylation is 1. The molecule has 0 aromatic heterocycles. The number of hydrogen-bond donors (Lipinski definition) is 1. The van der Waals surface area contributed by atoms with Crippen LogP contribution in [0.25, 0.3) is 0 Å². The normalized spacial score (nSPS) is 16.6. The predicted octanol–water partition coefficient (Wildman–Crippen LogP) is 2.81. The molecule has 0 spiro atoms. The Morgan fingerprint density at radius 3 is 2.42 bits per heavy atom. The van der Waals surface area contributed by atoms with Crippen LogP contribution in [0.4, 0.5) is 0 Å². The molecule has 1 fully saturated rings. The van der Waals surface area contributed by atoms with E-state index >= 15 is 0 Å². The molecule has 19 heavy (non-hydrogen) atoms. The van der Waals surface area contributed by atoms with Crippen molar-refractivity contribution < 1.29 is 19.4 Å². The largest absolute Gasteiger partial charge is 0.497 e. The van der Waals surface area contributed by atoms with Crippen molar-refractivity contribution >= 4 is 5.97 Å². The molecule has 0 heterocycles. The van der Waals surface area contributed by atoms with Gasteiger partial charge in [0.15, 0.2) is 0 Å². The second kappa shape index (κ2) is 5.11. The number of rotatable bonds is 5. The van der Waals surface area contributed by atoms with Crippen LogP contribution in [0.3, 0.4) is 0 Å². The molecule has 0 aliphatic heterocycles. The van der Waals surface area contributed by atoms with E-state index in [4.69, 9.17) is 9.47 Å². The van der Waals surface area contributed by atoms with Crippen LogP contribution in [0.15, 0.2) is 12.1 Å². The molecule has 104 valence electrons. The number of methoxy groups -OCH3 is 2. The van der Waals surface area contributed by atoms with Gasteiger partial charge in [0, 0.05) is 6.07 Å². The summed E-state index contributed by atoms with van der Waals surface area (Å²) in [5.41, 5.74) is 1.39. The molecule has 1 aromatic rings. The minimum absolute atomic E-state index is 0.529. The van der Waals surface area contributed by atoms with Crippen molar-refractivity contribution in [3.63, 3.8) is 0 Å². The van der Waals surface area contributed by atoms with E-state index in [1.54, 1.807) is 14.2 Å². The van der Waals surface area contributed by atoms with Crippen LogP contribution in [-0.4, -0.2) is 25.3 Å². The minimum Gasteiger partial charge on any atom is -0.497 e. The molecule has 0 atom stereocenters. The molecular weight excluding hydrogens is 244 g/mol. The predicted molar refractivity (Wildman–Crippen MR) is 71.9 cm³/mol. The Bertz CT molecular complexity index is 489. The van der Waals surface area contributed by atoms with Gasteiger partial charge in [-0.1, -0.05) is 6.42 Å². The van der Waals surface area contributed by atoms with E-state index in [1.165, 1.54) is 0 Å². The van der Waals surface area contributed by atoms with Gasteiger partial charge in [0.2, 0.25) is 0 Å². The quantitative estimate of drug-likeness (QED) is 0.888. The molecule has 1 aliphatic rings. The van der Waals surface area contributed by atoms with Gasteiger partial charge in [0.05, 0.1) is 19.6 Å². The zero-order valence-corrected chi connectivity index (χ0v) is 11.7. The highest BCUT2D eigenvalue weighted by Crippen LogP contribution is 2.46. The summed E-state index contributed by atoms with van der Waals surface area (Å²) in [5, 5.41) is 9.43. The van der Waals surface area contributed by atoms with E-state index in [-0.39, 0.29) is 0 Å². The number of carboxylic acid groups (broad SMARTS) is 1. The fourth-order valence-electron chi connectivity index (χ4n) is 2.69. The molecular formula is C15H20O4. The molecule has 0 amide bonds. The maximum atomic E-state index is 11.5. The molecule has 4 heteroatoms. The molecule has 1 aliphatic carbocycles. The fourth-order valence-corrected chi connectivity index (χ4v) is 2.69. The van der Waals surface area contributed by atoms with E-state index in [1.807, 2.05) is 19.1 Å². The zero-order chi connectivity index (χ0) is 14.0. The maximum Gasteiger partial charge on any atom is 0.309 e. The van der Waals surface area contributed by atoms with Gasteiger partial charge in [0.25, 0.3) is 0 Å². The van der Waals surface area contributed by atoms with E-state index in [2.05, 4.69) is 0 Å². The van der Waals surface area contributed by atoms with Gasteiger partial charge in [-0.05, 0) is 43.4 Å². The third-order valence-corrected chi connectivity index (χ3v) is 4.14. The van der Waals surface area contributed by atoms with Crippen molar-refractivity contribution in [3.05, 3.63) is 23.3 Å².